The van der Waals surface area contributed by atoms with Crippen LogP contribution in [0.15, 0.2) is 29.3 Å². The van der Waals surface area contributed by atoms with Crippen molar-refractivity contribution in [2.75, 3.05) is 39.3 Å². The summed E-state index contributed by atoms with van der Waals surface area (Å²) in [5, 5.41) is 6.84. The molecule has 154 valence electrons. The van der Waals surface area contributed by atoms with Crippen LogP contribution in [-0.2, 0) is 6.54 Å². The Labute approximate surface area is 169 Å². The molecule has 3 rings (SSSR count). The lowest BCUT2D eigenvalue weighted by Gasteiger charge is -2.15. The highest BCUT2D eigenvalue weighted by atomic mass is 15.2. The first-order chi connectivity index (χ1) is 13.8. The lowest BCUT2D eigenvalue weighted by molar-refractivity contribution is 0.330. The Kier molecular flexibility index (Phi) is 8.15. The van der Waals surface area contributed by atoms with E-state index in [0.29, 0.717) is 0 Å². The Morgan fingerprint density at radius 1 is 1.07 bits per heavy atom. The molecule has 2 N–H and O–H groups in total. The quantitative estimate of drug-likeness (QED) is 0.375. The molecule has 0 radical (unpaired) electrons. The number of aromatic nitrogens is 2. The Bertz CT molecular complexity index is 745. The predicted molar refractivity (Wildman–Crippen MR) is 118 cm³/mol. The fraction of sp³-hybridized carbons (Fsp3) is 0.636. The van der Waals surface area contributed by atoms with Crippen LogP contribution in [0.1, 0.15) is 44.9 Å². The van der Waals surface area contributed by atoms with Gasteiger partial charge in [-0.25, -0.2) is 4.98 Å². The van der Waals surface area contributed by atoms with Gasteiger partial charge in [-0.3, -0.25) is 4.99 Å². The van der Waals surface area contributed by atoms with Gasteiger partial charge < -0.3 is 20.1 Å². The van der Waals surface area contributed by atoms with Gasteiger partial charge in [-0.05, 0) is 77.7 Å². The van der Waals surface area contributed by atoms with Crippen molar-refractivity contribution in [3.8, 4) is 0 Å². The smallest absolute Gasteiger partial charge is 0.191 e. The van der Waals surface area contributed by atoms with Gasteiger partial charge in [0, 0.05) is 26.2 Å². The highest BCUT2D eigenvalue weighted by Gasteiger charge is 2.10. The van der Waals surface area contributed by atoms with Gasteiger partial charge in [0.15, 0.2) is 5.96 Å². The molecule has 1 aromatic heterocycles. The summed E-state index contributed by atoms with van der Waals surface area (Å²) in [5.74, 6) is 2.02. The van der Waals surface area contributed by atoms with Gasteiger partial charge in [0.2, 0.25) is 0 Å². The van der Waals surface area contributed by atoms with Crippen molar-refractivity contribution in [1.82, 2.24) is 25.1 Å². The highest BCUT2D eigenvalue weighted by Crippen LogP contribution is 2.15. The number of guanidine groups is 1. The van der Waals surface area contributed by atoms with E-state index >= 15 is 0 Å². The van der Waals surface area contributed by atoms with Crippen molar-refractivity contribution in [2.45, 2.75) is 52.5 Å². The number of likely N-dealkylation sites (tertiary alicyclic amines) is 1. The number of nitrogens with zero attached hydrogens (tertiary/aromatic N) is 4. The minimum atomic E-state index is 0.815. The number of hydrogen-bond acceptors (Lipinski definition) is 3. The molecule has 28 heavy (non-hydrogen) atoms. The number of aryl methyl sites for hydroxylation is 2. The molecule has 0 atom stereocenters. The average molecular weight is 385 g/mol. The van der Waals surface area contributed by atoms with E-state index in [1.165, 1.54) is 50.8 Å². The SMILES string of the molecule is CCNC(=NCCCn1c(C)nc2ccccc21)NCCCCN1CCCC1. The topological polar surface area (TPSA) is 57.5 Å². The lowest BCUT2D eigenvalue weighted by Crippen LogP contribution is -2.38. The first-order valence-corrected chi connectivity index (χ1v) is 10.9. The van der Waals surface area contributed by atoms with Gasteiger partial charge in [-0.15, -0.1) is 0 Å². The van der Waals surface area contributed by atoms with Crippen LogP contribution in [0, 0.1) is 6.92 Å². The fourth-order valence-electron chi connectivity index (χ4n) is 3.91. The van der Waals surface area contributed by atoms with Gasteiger partial charge >= 0.3 is 0 Å². The van der Waals surface area contributed by atoms with Crippen LogP contribution in [0.5, 0.6) is 0 Å². The van der Waals surface area contributed by atoms with Crippen LogP contribution < -0.4 is 10.6 Å². The summed E-state index contributed by atoms with van der Waals surface area (Å²) in [4.78, 5) is 12.0. The molecule has 2 heterocycles. The summed E-state index contributed by atoms with van der Waals surface area (Å²) in [6, 6.07) is 8.35. The zero-order valence-corrected chi connectivity index (χ0v) is 17.6. The second kappa shape index (κ2) is 11.1. The van der Waals surface area contributed by atoms with E-state index in [2.05, 4.69) is 57.1 Å². The first kappa shape index (κ1) is 20.6. The Morgan fingerprint density at radius 2 is 1.89 bits per heavy atom. The fourth-order valence-corrected chi connectivity index (χ4v) is 3.91. The van der Waals surface area contributed by atoms with E-state index < -0.39 is 0 Å². The molecule has 1 saturated heterocycles. The minimum Gasteiger partial charge on any atom is -0.357 e. The number of imidazole rings is 1. The second-order valence-electron chi connectivity index (χ2n) is 7.60. The number of nitrogens with one attached hydrogen (secondary N) is 2. The molecule has 6 nitrogen and oxygen atoms in total. The summed E-state index contributed by atoms with van der Waals surface area (Å²) in [7, 11) is 0. The van der Waals surface area contributed by atoms with Gasteiger partial charge in [0.05, 0.1) is 11.0 Å². The maximum Gasteiger partial charge on any atom is 0.191 e. The molecule has 6 heteroatoms. The highest BCUT2D eigenvalue weighted by molar-refractivity contribution is 5.79. The van der Waals surface area contributed by atoms with E-state index in [4.69, 9.17) is 4.99 Å². The summed E-state index contributed by atoms with van der Waals surface area (Å²) in [6.07, 6.45) is 6.22. The molecular formula is C22H36N6. The number of rotatable bonds is 10. The molecule has 0 unspecified atom stereocenters. The molecule has 0 aliphatic carbocycles. The third-order valence-corrected chi connectivity index (χ3v) is 5.39. The van der Waals surface area contributed by atoms with Crippen molar-refractivity contribution in [2.24, 2.45) is 4.99 Å². The number of unbranched alkanes of at least 4 members (excludes halogenated alkanes) is 1. The number of para-hydroxylation sites is 2. The van der Waals surface area contributed by atoms with Crippen LogP contribution in [0.3, 0.4) is 0 Å². The molecule has 0 bridgehead atoms. The Hall–Kier alpha value is -2.08. The molecule has 1 aliphatic rings. The van der Waals surface area contributed by atoms with Crippen LogP contribution in [-0.4, -0.2) is 59.7 Å². The Morgan fingerprint density at radius 3 is 2.71 bits per heavy atom. The zero-order chi connectivity index (χ0) is 19.6. The van der Waals surface area contributed by atoms with Gasteiger partial charge in [-0.1, -0.05) is 12.1 Å². The molecule has 2 aromatic rings. The average Bonchev–Trinajstić information content (AvgIpc) is 3.32. The van der Waals surface area contributed by atoms with Crippen molar-refractivity contribution in [3.63, 3.8) is 0 Å². The van der Waals surface area contributed by atoms with E-state index in [0.717, 1.165) is 49.9 Å². The largest absolute Gasteiger partial charge is 0.357 e. The number of fused-ring (bicyclic) bond motifs is 1. The van der Waals surface area contributed by atoms with Gasteiger partial charge in [0.1, 0.15) is 5.82 Å². The monoisotopic (exact) mass is 384 g/mol. The van der Waals surface area contributed by atoms with Crippen LogP contribution in [0.4, 0.5) is 0 Å². The van der Waals surface area contributed by atoms with E-state index in [1.54, 1.807) is 0 Å². The molecular weight excluding hydrogens is 348 g/mol. The molecule has 0 amide bonds. The van der Waals surface area contributed by atoms with Crippen molar-refractivity contribution in [1.29, 1.82) is 0 Å². The third-order valence-electron chi connectivity index (χ3n) is 5.39. The zero-order valence-electron chi connectivity index (χ0n) is 17.6. The minimum absolute atomic E-state index is 0.815. The first-order valence-electron chi connectivity index (χ1n) is 10.9. The third kappa shape index (κ3) is 5.96. The van der Waals surface area contributed by atoms with Gasteiger partial charge in [0.25, 0.3) is 0 Å². The van der Waals surface area contributed by atoms with Crippen LogP contribution in [0.2, 0.25) is 0 Å². The number of aliphatic imine (C=N–C) groups is 1. The molecule has 1 aliphatic heterocycles. The molecule has 1 fully saturated rings. The number of hydrogen-bond donors (Lipinski definition) is 2. The molecule has 0 saturated carbocycles. The van der Waals surface area contributed by atoms with Crippen LogP contribution >= 0.6 is 0 Å². The van der Waals surface area contributed by atoms with E-state index in [-0.39, 0.29) is 0 Å². The van der Waals surface area contributed by atoms with Crippen molar-refractivity contribution < 1.29 is 0 Å². The summed E-state index contributed by atoms with van der Waals surface area (Å²) >= 11 is 0. The summed E-state index contributed by atoms with van der Waals surface area (Å²) in [5.41, 5.74) is 2.29. The Balaban J connectivity index is 1.39. The van der Waals surface area contributed by atoms with Gasteiger partial charge in [-0.2, -0.15) is 0 Å². The predicted octanol–water partition coefficient (Wildman–Crippen LogP) is 3.17. The van der Waals surface area contributed by atoms with Crippen molar-refractivity contribution >= 4 is 17.0 Å². The maximum atomic E-state index is 4.75. The number of benzene rings is 1. The second-order valence-corrected chi connectivity index (χ2v) is 7.60. The van der Waals surface area contributed by atoms with E-state index in [9.17, 15) is 0 Å². The normalized spacial score (nSPS) is 15.4. The van der Waals surface area contributed by atoms with E-state index in [1.807, 2.05) is 6.07 Å². The lowest BCUT2D eigenvalue weighted by atomic mass is 10.3. The van der Waals surface area contributed by atoms with Crippen LogP contribution in [0.25, 0.3) is 11.0 Å². The molecule has 1 aromatic carbocycles. The van der Waals surface area contributed by atoms with Crippen molar-refractivity contribution in [3.05, 3.63) is 30.1 Å². The standard InChI is InChI=1S/C22H36N6/c1-3-23-22(24-13-6-7-15-27-16-8-9-17-27)25-14-10-18-28-19(2)26-20-11-4-5-12-21(20)28/h4-5,11-12H,3,6-10,13-18H2,1-2H3,(H2,23,24,25). The summed E-state index contributed by atoms with van der Waals surface area (Å²) in [6.45, 7) is 11.7. The maximum absolute atomic E-state index is 4.75. The molecule has 0 spiro atoms. The summed E-state index contributed by atoms with van der Waals surface area (Å²) < 4.78 is 2.30.